The largest absolute Gasteiger partial charge is 0.469 e. The molecule has 0 unspecified atom stereocenters. The molecule has 0 radical (unpaired) electrons. The van der Waals surface area contributed by atoms with Crippen molar-refractivity contribution in [3.05, 3.63) is 45.7 Å². The first-order chi connectivity index (χ1) is 9.22. The van der Waals surface area contributed by atoms with Crippen molar-refractivity contribution in [3.63, 3.8) is 0 Å². The molecule has 0 aliphatic carbocycles. The fraction of sp³-hybridized carbons (Fsp3) is 0.308. The molecule has 1 atom stereocenters. The van der Waals surface area contributed by atoms with Gasteiger partial charge in [0.1, 0.15) is 0 Å². The van der Waals surface area contributed by atoms with E-state index in [2.05, 4.69) is 20.8 Å². The molecule has 0 saturated heterocycles. The van der Waals surface area contributed by atoms with Gasteiger partial charge in [-0.2, -0.15) is 0 Å². The molecule has 1 heterocycles. The lowest BCUT2D eigenvalue weighted by molar-refractivity contribution is -0.140. The van der Waals surface area contributed by atoms with Crippen LogP contribution in [-0.2, 0) is 16.0 Å². The molecule has 0 N–H and O–H groups in total. The van der Waals surface area contributed by atoms with Crippen molar-refractivity contribution in [2.45, 2.75) is 18.9 Å². The predicted octanol–water partition coefficient (Wildman–Crippen LogP) is 3.69. The molecule has 5 nitrogen and oxygen atoms in total. The van der Waals surface area contributed by atoms with Crippen molar-refractivity contribution in [2.75, 3.05) is 7.11 Å². The Morgan fingerprint density at radius 1 is 1.53 bits per heavy atom. The van der Waals surface area contributed by atoms with Crippen LogP contribution in [0, 0.1) is 0 Å². The quantitative estimate of drug-likeness (QED) is 0.361. The summed E-state index contributed by atoms with van der Waals surface area (Å²) in [5.74, 6) is -0.362. The Morgan fingerprint density at radius 2 is 2.32 bits per heavy atom. The molecular formula is C13H13N3O2S. The summed E-state index contributed by atoms with van der Waals surface area (Å²) < 4.78 is 5.79. The van der Waals surface area contributed by atoms with Crippen molar-refractivity contribution in [3.8, 4) is 0 Å². The summed E-state index contributed by atoms with van der Waals surface area (Å²) in [5, 5.41) is 4.83. The van der Waals surface area contributed by atoms with Gasteiger partial charge in [-0.1, -0.05) is 23.3 Å². The van der Waals surface area contributed by atoms with Gasteiger partial charge >= 0.3 is 5.97 Å². The van der Waals surface area contributed by atoms with E-state index in [1.165, 1.54) is 17.2 Å². The number of carbonyl (C=O) groups is 1. The number of rotatable bonds is 5. The lowest BCUT2D eigenvalue weighted by Gasteiger charge is -2.07. The number of esters is 1. The molecule has 19 heavy (non-hydrogen) atoms. The summed E-state index contributed by atoms with van der Waals surface area (Å²) in [6.07, 6.45) is 0.660. The van der Waals surface area contributed by atoms with E-state index in [1.807, 2.05) is 24.3 Å². The average Bonchev–Trinajstić information content (AvgIpc) is 2.80. The zero-order valence-electron chi connectivity index (χ0n) is 10.4. The number of hydrogen-bond acceptors (Lipinski definition) is 4. The van der Waals surface area contributed by atoms with Gasteiger partial charge in [0.15, 0.2) is 0 Å². The van der Waals surface area contributed by atoms with Gasteiger partial charge in [-0.3, -0.25) is 4.79 Å². The highest BCUT2D eigenvalue weighted by Crippen LogP contribution is 2.27. The molecular weight excluding hydrogens is 262 g/mol. The SMILES string of the molecule is COC(=O)C[C@@H](Cc1cc2ccccc2s1)N=[N+]=[N-]. The Labute approximate surface area is 114 Å². The highest BCUT2D eigenvalue weighted by Gasteiger charge is 2.15. The second kappa shape index (κ2) is 6.22. The third kappa shape index (κ3) is 3.47. The first-order valence-corrected chi connectivity index (χ1v) is 6.63. The van der Waals surface area contributed by atoms with Crippen molar-refractivity contribution >= 4 is 27.4 Å². The van der Waals surface area contributed by atoms with Gasteiger partial charge in [-0.25, -0.2) is 0 Å². The summed E-state index contributed by atoms with van der Waals surface area (Å²) in [6, 6.07) is 9.73. The van der Waals surface area contributed by atoms with Crippen LogP contribution >= 0.6 is 11.3 Å². The summed E-state index contributed by atoms with van der Waals surface area (Å²) in [6.45, 7) is 0. The number of carbonyl (C=O) groups excluding carboxylic acids is 1. The molecule has 0 saturated carbocycles. The Hall–Kier alpha value is -2.04. The van der Waals surface area contributed by atoms with E-state index in [4.69, 9.17) is 5.53 Å². The Morgan fingerprint density at radius 3 is 3.00 bits per heavy atom. The average molecular weight is 275 g/mol. The molecule has 0 aliphatic heterocycles. The zero-order valence-corrected chi connectivity index (χ0v) is 11.3. The summed E-state index contributed by atoms with van der Waals surface area (Å²) in [4.78, 5) is 15.2. The maximum atomic E-state index is 11.3. The van der Waals surface area contributed by atoms with Gasteiger partial charge in [0.2, 0.25) is 0 Å². The van der Waals surface area contributed by atoms with E-state index in [1.54, 1.807) is 11.3 Å². The monoisotopic (exact) mass is 275 g/mol. The molecule has 98 valence electrons. The van der Waals surface area contributed by atoms with Gasteiger partial charge in [-0.05, 0) is 29.5 Å². The molecule has 0 fully saturated rings. The summed E-state index contributed by atoms with van der Waals surface area (Å²) in [5.41, 5.74) is 8.55. The van der Waals surface area contributed by atoms with Gasteiger partial charge in [-0.15, -0.1) is 11.3 Å². The van der Waals surface area contributed by atoms with Gasteiger partial charge in [0.25, 0.3) is 0 Å². The molecule has 0 aliphatic rings. The fourth-order valence-corrected chi connectivity index (χ4v) is 3.01. The second-order valence-corrected chi connectivity index (χ2v) is 5.26. The Kier molecular flexibility index (Phi) is 4.39. The maximum absolute atomic E-state index is 11.3. The third-order valence-corrected chi connectivity index (χ3v) is 3.90. The highest BCUT2D eigenvalue weighted by molar-refractivity contribution is 7.19. The first kappa shape index (κ1) is 13.4. The normalized spacial score (nSPS) is 11.8. The number of fused-ring (bicyclic) bond motifs is 1. The maximum Gasteiger partial charge on any atom is 0.305 e. The highest BCUT2D eigenvalue weighted by atomic mass is 32.1. The van der Waals surface area contributed by atoms with Crippen LogP contribution in [0.1, 0.15) is 11.3 Å². The number of ether oxygens (including phenoxy) is 1. The summed E-state index contributed by atoms with van der Waals surface area (Å²) in [7, 11) is 1.33. The Balaban J connectivity index is 2.16. The molecule has 1 aromatic carbocycles. The third-order valence-electron chi connectivity index (χ3n) is 2.76. The minimum atomic E-state index is -0.398. The zero-order chi connectivity index (χ0) is 13.7. The van der Waals surface area contributed by atoms with E-state index >= 15 is 0 Å². The number of nitrogens with zero attached hydrogens (tertiary/aromatic N) is 3. The standard InChI is InChI=1S/C13H13N3O2S/c1-18-13(17)8-10(15-16-14)7-11-6-9-4-2-3-5-12(9)19-11/h2-6,10H,7-8H2,1H3/t10-/m1/s1. The molecule has 6 heteroatoms. The van der Waals surface area contributed by atoms with Crippen molar-refractivity contribution in [1.29, 1.82) is 0 Å². The lowest BCUT2D eigenvalue weighted by atomic mass is 10.1. The molecule has 1 aromatic heterocycles. The van der Waals surface area contributed by atoms with Crippen LogP contribution in [0.3, 0.4) is 0 Å². The van der Waals surface area contributed by atoms with Crippen LogP contribution in [0.15, 0.2) is 35.4 Å². The van der Waals surface area contributed by atoms with Crippen LogP contribution in [0.5, 0.6) is 0 Å². The Bertz CT molecular complexity index is 599. The van der Waals surface area contributed by atoms with Crippen LogP contribution in [-0.4, -0.2) is 19.1 Å². The van der Waals surface area contributed by atoms with Crippen molar-refractivity contribution < 1.29 is 9.53 Å². The van der Waals surface area contributed by atoms with Crippen LogP contribution < -0.4 is 0 Å². The van der Waals surface area contributed by atoms with Crippen molar-refractivity contribution in [1.82, 2.24) is 0 Å². The molecule has 0 spiro atoms. The lowest BCUT2D eigenvalue weighted by Crippen LogP contribution is -2.14. The van der Waals surface area contributed by atoms with E-state index < -0.39 is 6.04 Å². The topological polar surface area (TPSA) is 75.1 Å². The van der Waals surface area contributed by atoms with Crippen LogP contribution in [0.2, 0.25) is 0 Å². The van der Waals surface area contributed by atoms with Gasteiger partial charge < -0.3 is 4.74 Å². The van der Waals surface area contributed by atoms with E-state index in [9.17, 15) is 4.79 Å². The minimum absolute atomic E-state index is 0.106. The molecule has 2 aromatic rings. The fourth-order valence-electron chi connectivity index (χ4n) is 1.87. The number of thiophene rings is 1. The minimum Gasteiger partial charge on any atom is -0.469 e. The van der Waals surface area contributed by atoms with Crippen molar-refractivity contribution in [2.24, 2.45) is 5.11 Å². The number of methoxy groups -OCH3 is 1. The van der Waals surface area contributed by atoms with E-state index in [0.29, 0.717) is 6.42 Å². The smallest absolute Gasteiger partial charge is 0.305 e. The van der Waals surface area contributed by atoms with Crippen LogP contribution in [0.4, 0.5) is 0 Å². The molecule has 0 bridgehead atoms. The van der Waals surface area contributed by atoms with Gasteiger partial charge in [0, 0.05) is 14.5 Å². The number of hydrogen-bond donors (Lipinski definition) is 0. The molecule has 0 amide bonds. The first-order valence-electron chi connectivity index (χ1n) is 5.81. The van der Waals surface area contributed by atoms with Crippen LogP contribution in [0.25, 0.3) is 20.5 Å². The number of azide groups is 1. The number of benzene rings is 1. The predicted molar refractivity (Wildman–Crippen MR) is 75.1 cm³/mol. The second-order valence-electron chi connectivity index (χ2n) is 4.09. The van der Waals surface area contributed by atoms with E-state index in [-0.39, 0.29) is 12.4 Å². The van der Waals surface area contributed by atoms with Gasteiger partial charge in [0.05, 0.1) is 19.6 Å². The molecule has 2 rings (SSSR count). The van der Waals surface area contributed by atoms with E-state index in [0.717, 1.165) is 4.88 Å². The summed E-state index contributed by atoms with van der Waals surface area (Å²) >= 11 is 1.65.